The van der Waals surface area contributed by atoms with Gasteiger partial charge in [0.25, 0.3) is 0 Å². The number of nitrogens with zero attached hydrogens (tertiary/aromatic N) is 3. The van der Waals surface area contributed by atoms with Gasteiger partial charge in [-0.25, -0.2) is 14.8 Å². The molecule has 1 aliphatic rings. The third-order valence-electron chi connectivity index (χ3n) is 3.34. The third-order valence-corrected chi connectivity index (χ3v) is 3.62. The molecule has 1 fully saturated rings. The van der Waals surface area contributed by atoms with E-state index < -0.39 is 5.97 Å². The van der Waals surface area contributed by atoms with Gasteiger partial charge >= 0.3 is 5.97 Å². The van der Waals surface area contributed by atoms with Gasteiger partial charge in [-0.05, 0) is 19.9 Å². The number of hydrogen-bond acceptors (Lipinski definition) is 5. The topological polar surface area (TPSA) is 64.0 Å². The van der Waals surface area contributed by atoms with Gasteiger partial charge in [0.2, 0.25) is 0 Å². The van der Waals surface area contributed by atoms with Crippen molar-refractivity contribution in [2.45, 2.75) is 19.9 Å². The summed E-state index contributed by atoms with van der Waals surface area (Å²) in [7, 11) is 1.32. The van der Waals surface area contributed by atoms with Gasteiger partial charge in [0.15, 0.2) is 5.15 Å². The maximum Gasteiger partial charge on any atom is 0.340 e. The maximum absolute atomic E-state index is 11.8. The molecular formula is C14H18ClN3O3. The minimum Gasteiger partial charge on any atom is -0.465 e. The lowest BCUT2D eigenvalue weighted by molar-refractivity contribution is 0.0330. The summed E-state index contributed by atoms with van der Waals surface area (Å²) in [6.45, 7) is 6.00. The first-order valence-electron chi connectivity index (χ1n) is 6.67. The van der Waals surface area contributed by atoms with Crippen LogP contribution in [0.5, 0.6) is 0 Å². The number of methoxy groups -OCH3 is 1. The fourth-order valence-corrected chi connectivity index (χ4v) is 2.44. The van der Waals surface area contributed by atoms with Crippen LogP contribution in [-0.4, -0.2) is 54.6 Å². The summed E-state index contributed by atoms with van der Waals surface area (Å²) in [5, 5.41) is 0.179. The van der Waals surface area contributed by atoms with Crippen molar-refractivity contribution in [3.8, 4) is 0 Å². The number of hydrogen-bond donors (Lipinski definition) is 0. The zero-order chi connectivity index (χ0) is 15.4. The van der Waals surface area contributed by atoms with Crippen LogP contribution in [0.4, 0.5) is 5.69 Å². The van der Waals surface area contributed by atoms with E-state index in [1.807, 2.05) is 6.92 Å². The second-order valence-electron chi connectivity index (χ2n) is 4.77. The van der Waals surface area contributed by atoms with E-state index in [-0.39, 0.29) is 11.2 Å². The molecule has 0 radical (unpaired) electrons. The smallest absolute Gasteiger partial charge is 0.340 e. The number of pyridine rings is 1. The lowest BCUT2D eigenvalue weighted by Crippen LogP contribution is -2.46. The summed E-state index contributed by atoms with van der Waals surface area (Å²) in [5.74, 6) is 0.284. The van der Waals surface area contributed by atoms with Crippen molar-refractivity contribution < 1.29 is 14.3 Å². The molecule has 7 heteroatoms. The maximum atomic E-state index is 11.8. The number of rotatable bonds is 2. The molecule has 1 aromatic rings. The second kappa shape index (κ2) is 6.87. The molecular weight excluding hydrogens is 294 g/mol. The normalized spacial score (nSPS) is 19.5. The molecule has 1 atom stereocenters. The van der Waals surface area contributed by atoms with Crippen molar-refractivity contribution in [1.29, 1.82) is 0 Å². The Balaban J connectivity index is 2.37. The standard InChI is InChI=1S/C14H18ClN3O3/c1-9-8-21-7-6-18(9)10(2)17-12-11(14(19)20-3)4-5-16-13(12)15/h4-5,9H,6-8H2,1-3H3/t9-/m0/s1. The third kappa shape index (κ3) is 3.51. The largest absolute Gasteiger partial charge is 0.465 e. The molecule has 2 heterocycles. The summed E-state index contributed by atoms with van der Waals surface area (Å²) in [4.78, 5) is 22.4. The number of morpholine rings is 1. The molecule has 0 aliphatic carbocycles. The SMILES string of the molecule is COC(=O)c1ccnc(Cl)c1N=C(C)N1CCOC[C@@H]1C. The zero-order valence-corrected chi connectivity index (χ0v) is 13.1. The molecule has 0 bridgehead atoms. The molecule has 0 aromatic carbocycles. The summed E-state index contributed by atoms with van der Waals surface area (Å²) >= 11 is 6.08. The summed E-state index contributed by atoms with van der Waals surface area (Å²) in [6, 6.07) is 1.77. The molecule has 6 nitrogen and oxygen atoms in total. The average molecular weight is 312 g/mol. The van der Waals surface area contributed by atoms with E-state index >= 15 is 0 Å². The van der Waals surface area contributed by atoms with E-state index in [0.717, 1.165) is 12.4 Å². The Morgan fingerprint density at radius 3 is 3.05 bits per heavy atom. The highest BCUT2D eigenvalue weighted by Gasteiger charge is 2.21. The monoisotopic (exact) mass is 311 g/mol. The van der Waals surface area contributed by atoms with Crippen LogP contribution in [-0.2, 0) is 9.47 Å². The van der Waals surface area contributed by atoms with E-state index in [1.165, 1.54) is 13.3 Å². The van der Waals surface area contributed by atoms with Crippen LogP contribution in [0.15, 0.2) is 17.3 Å². The van der Waals surface area contributed by atoms with Crippen LogP contribution in [0.2, 0.25) is 5.15 Å². The van der Waals surface area contributed by atoms with E-state index in [2.05, 4.69) is 21.8 Å². The molecule has 0 unspecified atom stereocenters. The van der Waals surface area contributed by atoms with Crippen molar-refractivity contribution in [2.24, 2.45) is 4.99 Å². The first-order valence-corrected chi connectivity index (χ1v) is 7.05. The molecule has 1 saturated heterocycles. The predicted molar refractivity (Wildman–Crippen MR) is 80.3 cm³/mol. The molecule has 0 amide bonds. The van der Waals surface area contributed by atoms with Gasteiger partial charge in [-0.15, -0.1) is 0 Å². The van der Waals surface area contributed by atoms with Crippen molar-refractivity contribution in [1.82, 2.24) is 9.88 Å². The summed E-state index contributed by atoms with van der Waals surface area (Å²) < 4.78 is 10.2. The van der Waals surface area contributed by atoms with Crippen LogP contribution in [0, 0.1) is 0 Å². The highest BCUT2D eigenvalue weighted by molar-refractivity contribution is 6.32. The minimum atomic E-state index is -0.485. The number of ether oxygens (including phenoxy) is 2. The Bertz CT molecular complexity index is 562. The van der Waals surface area contributed by atoms with Crippen LogP contribution < -0.4 is 0 Å². The highest BCUT2D eigenvalue weighted by Crippen LogP contribution is 2.28. The number of amidine groups is 1. The molecule has 21 heavy (non-hydrogen) atoms. The Kier molecular flexibility index (Phi) is 5.14. The van der Waals surface area contributed by atoms with Gasteiger partial charge in [0.05, 0.1) is 31.9 Å². The molecule has 2 rings (SSSR count). The Hall–Kier alpha value is -1.66. The van der Waals surface area contributed by atoms with Crippen LogP contribution in [0.3, 0.4) is 0 Å². The van der Waals surface area contributed by atoms with Crippen molar-refractivity contribution in [3.63, 3.8) is 0 Å². The Morgan fingerprint density at radius 2 is 2.38 bits per heavy atom. The summed E-state index contributed by atoms with van der Waals surface area (Å²) in [5.41, 5.74) is 0.639. The highest BCUT2D eigenvalue weighted by atomic mass is 35.5. The van der Waals surface area contributed by atoms with Crippen molar-refractivity contribution >= 4 is 29.1 Å². The number of carbonyl (C=O) groups excluding carboxylic acids is 1. The fourth-order valence-electron chi connectivity index (χ4n) is 2.24. The molecule has 0 saturated carbocycles. The summed E-state index contributed by atoms with van der Waals surface area (Å²) in [6.07, 6.45) is 1.46. The van der Waals surface area contributed by atoms with Crippen LogP contribution in [0.25, 0.3) is 0 Å². The first-order chi connectivity index (χ1) is 10.0. The van der Waals surface area contributed by atoms with Crippen molar-refractivity contribution in [2.75, 3.05) is 26.9 Å². The fraction of sp³-hybridized carbons (Fsp3) is 0.500. The number of aromatic nitrogens is 1. The minimum absolute atomic E-state index is 0.179. The Morgan fingerprint density at radius 1 is 1.62 bits per heavy atom. The number of esters is 1. The molecule has 0 N–H and O–H groups in total. The van der Waals surface area contributed by atoms with Gasteiger partial charge in [0.1, 0.15) is 11.5 Å². The van der Waals surface area contributed by atoms with Gasteiger partial charge in [-0.3, -0.25) is 0 Å². The first kappa shape index (κ1) is 15.7. The number of aliphatic imine (C=N–C) groups is 1. The molecule has 114 valence electrons. The van der Waals surface area contributed by atoms with Gasteiger partial charge in [0, 0.05) is 12.7 Å². The molecule has 1 aromatic heterocycles. The lowest BCUT2D eigenvalue weighted by Gasteiger charge is -2.34. The van der Waals surface area contributed by atoms with Gasteiger partial charge < -0.3 is 14.4 Å². The quantitative estimate of drug-likeness (QED) is 0.363. The van der Waals surface area contributed by atoms with Crippen LogP contribution >= 0.6 is 11.6 Å². The van der Waals surface area contributed by atoms with Gasteiger partial charge in [-0.2, -0.15) is 0 Å². The number of halogens is 1. The van der Waals surface area contributed by atoms with E-state index in [1.54, 1.807) is 6.07 Å². The van der Waals surface area contributed by atoms with E-state index in [4.69, 9.17) is 21.1 Å². The predicted octanol–water partition coefficient (Wildman–Crippen LogP) is 2.29. The van der Waals surface area contributed by atoms with E-state index in [9.17, 15) is 4.79 Å². The van der Waals surface area contributed by atoms with Crippen molar-refractivity contribution in [3.05, 3.63) is 23.0 Å². The second-order valence-corrected chi connectivity index (χ2v) is 5.12. The Labute approximate surface area is 128 Å². The van der Waals surface area contributed by atoms with Crippen LogP contribution in [0.1, 0.15) is 24.2 Å². The van der Waals surface area contributed by atoms with E-state index in [0.29, 0.717) is 24.5 Å². The average Bonchev–Trinajstić information content (AvgIpc) is 2.48. The molecule has 0 spiro atoms. The number of carbonyl (C=O) groups is 1. The molecule has 1 aliphatic heterocycles. The zero-order valence-electron chi connectivity index (χ0n) is 12.3. The van der Waals surface area contributed by atoms with Gasteiger partial charge in [-0.1, -0.05) is 11.6 Å². The lowest BCUT2D eigenvalue weighted by atomic mass is 10.2.